The van der Waals surface area contributed by atoms with Crippen molar-refractivity contribution >= 4 is 53.0 Å². The second kappa shape index (κ2) is 12.2. The van der Waals surface area contributed by atoms with E-state index in [-0.39, 0.29) is 11.7 Å². The van der Waals surface area contributed by atoms with E-state index in [2.05, 4.69) is 15.5 Å². The number of aromatic nitrogens is 3. The van der Waals surface area contributed by atoms with Crippen molar-refractivity contribution in [2.75, 3.05) is 38.1 Å². The van der Waals surface area contributed by atoms with Gasteiger partial charge in [0.15, 0.2) is 5.82 Å². The molecule has 9 nitrogen and oxygen atoms in total. The molecule has 0 spiro atoms. The Labute approximate surface area is 199 Å². The van der Waals surface area contributed by atoms with Crippen molar-refractivity contribution < 1.29 is 14.3 Å². The van der Waals surface area contributed by atoms with Crippen LogP contribution < -0.4 is 15.9 Å². The van der Waals surface area contributed by atoms with E-state index in [1.807, 2.05) is 18.2 Å². The molecule has 0 bridgehead atoms. The minimum absolute atomic E-state index is 0.0835. The third-order valence-corrected chi connectivity index (χ3v) is 5.25. The largest absolute Gasteiger partial charge is 0.496 e. The van der Waals surface area contributed by atoms with Gasteiger partial charge in [-0.3, -0.25) is 9.59 Å². The maximum absolute atomic E-state index is 12.2. The average Bonchev–Trinajstić information content (AvgIpc) is 3.14. The summed E-state index contributed by atoms with van der Waals surface area (Å²) in [6.07, 6.45) is 0.750. The van der Waals surface area contributed by atoms with Crippen molar-refractivity contribution in [3.63, 3.8) is 0 Å². The highest BCUT2D eigenvalue weighted by Crippen LogP contribution is 2.29. The molecule has 3 N–H and O–H groups in total. The molecule has 0 unspecified atom stereocenters. The van der Waals surface area contributed by atoms with Crippen LogP contribution in [0.1, 0.15) is 0 Å². The molecule has 12 heteroatoms. The van der Waals surface area contributed by atoms with Crippen molar-refractivity contribution in [1.82, 2.24) is 19.8 Å². The van der Waals surface area contributed by atoms with Gasteiger partial charge in [-0.15, -0.1) is 10.2 Å². The van der Waals surface area contributed by atoms with E-state index in [4.69, 9.17) is 33.8 Å². The summed E-state index contributed by atoms with van der Waals surface area (Å²) in [5.41, 5.74) is 1.19. The zero-order valence-electron chi connectivity index (χ0n) is 17.6. The molecule has 2 amide bonds. The minimum atomic E-state index is -0.258. The standard InChI is InChI=1S/C17H15Cl2N5O2S.C3H7NO/c1-26-14-5-3-2-4-11(14)16-22-23-17(24(16)20)27-9-15(25)21-13-7-6-10(18)8-12(13)19;1-4(2)3-5/h2-8H,9,20H2,1H3,(H,21,25);3H,1-2H3. The van der Waals surface area contributed by atoms with Crippen LogP contribution in [0.15, 0.2) is 47.6 Å². The van der Waals surface area contributed by atoms with Crippen molar-refractivity contribution in [3.8, 4) is 17.1 Å². The van der Waals surface area contributed by atoms with Gasteiger partial charge >= 0.3 is 0 Å². The summed E-state index contributed by atoms with van der Waals surface area (Å²) in [6.45, 7) is 0. The van der Waals surface area contributed by atoms with Gasteiger partial charge < -0.3 is 20.8 Å². The van der Waals surface area contributed by atoms with Crippen LogP contribution in [-0.4, -0.2) is 59.0 Å². The quantitative estimate of drug-likeness (QED) is 0.292. The molecule has 0 saturated heterocycles. The second-order valence-corrected chi connectivity index (χ2v) is 8.19. The van der Waals surface area contributed by atoms with E-state index in [1.54, 1.807) is 45.5 Å². The first-order valence-electron chi connectivity index (χ1n) is 9.10. The molecule has 0 atom stereocenters. The van der Waals surface area contributed by atoms with E-state index in [1.165, 1.54) is 9.58 Å². The topological polar surface area (TPSA) is 115 Å². The fourth-order valence-electron chi connectivity index (χ4n) is 2.30. The summed E-state index contributed by atoms with van der Waals surface area (Å²) in [5.74, 6) is 6.98. The number of carbonyl (C=O) groups is 2. The number of rotatable bonds is 7. The molecule has 1 aromatic heterocycles. The number of nitrogen functional groups attached to an aromatic ring is 1. The number of nitrogens with two attached hydrogens (primary N) is 1. The molecule has 0 aliphatic carbocycles. The van der Waals surface area contributed by atoms with E-state index in [9.17, 15) is 9.59 Å². The second-order valence-electron chi connectivity index (χ2n) is 6.41. The number of nitrogens with zero attached hydrogens (tertiary/aromatic N) is 4. The van der Waals surface area contributed by atoms with Gasteiger partial charge in [0.1, 0.15) is 5.75 Å². The van der Waals surface area contributed by atoms with Gasteiger partial charge in [-0.05, 0) is 30.3 Å². The van der Waals surface area contributed by atoms with E-state index < -0.39 is 0 Å². The van der Waals surface area contributed by atoms with Crippen LogP contribution in [0.4, 0.5) is 5.69 Å². The van der Waals surface area contributed by atoms with Crippen molar-refractivity contribution in [1.29, 1.82) is 0 Å². The molecule has 0 radical (unpaired) electrons. The SMILES string of the molecule is CN(C)C=O.COc1ccccc1-c1nnc(SCC(=O)Nc2ccc(Cl)cc2Cl)n1N. The van der Waals surface area contributed by atoms with Gasteiger partial charge in [0.05, 0.1) is 29.1 Å². The number of hydrogen-bond acceptors (Lipinski definition) is 7. The number of thioether (sulfide) groups is 1. The Morgan fingerprint density at radius 2 is 1.94 bits per heavy atom. The third-order valence-electron chi connectivity index (χ3n) is 3.76. The predicted molar refractivity (Wildman–Crippen MR) is 128 cm³/mol. The monoisotopic (exact) mass is 496 g/mol. The number of amides is 2. The molecule has 0 fully saturated rings. The maximum atomic E-state index is 12.2. The van der Waals surface area contributed by atoms with E-state index >= 15 is 0 Å². The van der Waals surface area contributed by atoms with Crippen LogP contribution in [0.2, 0.25) is 10.0 Å². The summed E-state index contributed by atoms with van der Waals surface area (Å²) in [6, 6.07) is 12.2. The lowest BCUT2D eigenvalue weighted by molar-refractivity contribution is -0.116. The lowest BCUT2D eigenvalue weighted by Gasteiger charge is -2.08. The number of hydrogen-bond donors (Lipinski definition) is 2. The summed E-state index contributed by atoms with van der Waals surface area (Å²) < 4.78 is 6.64. The Bertz CT molecular complexity index is 1080. The summed E-state index contributed by atoms with van der Waals surface area (Å²) in [5, 5.41) is 12.1. The molecule has 0 aliphatic rings. The minimum Gasteiger partial charge on any atom is -0.496 e. The van der Waals surface area contributed by atoms with Crippen LogP contribution in [0.3, 0.4) is 0 Å². The zero-order chi connectivity index (χ0) is 23.7. The molecule has 170 valence electrons. The number of methoxy groups -OCH3 is 1. The first kappa shape index (κ1) is 25.3. The van der Waals surface area contributed by atoms with E-state index in [0.717, 1.165) is 18.2 Å². The zero-order valence-corrected chi connectivity index (χ0v) is 19.9. The number of benzene rings is 2. The third kappa shape index (κ3) is 7.04. The molecule has 2 aromatic carbocycles. The Balaban J connectivity index is 0.000000654. The predicted octanol–water partition coefficient (Wildman–Crippen LogP) is 3.41. The van der Waals surface area contributed by atoms with Crippen LogP contribution >= 0.6 is 35.0 Å². The first-order chi connectivity index (χ1) is 15.3. The van der Waals surface area contributed by atoms with Gasteiger partial charge in [0.2, 0.25) is 17.5 Å². The van der Waals surface area contributed by atoms with Crippen LogP contribution in [-0.2, 0) is 9.59 Å². The highest BCUT2D eigenvalue weighted by atomic mass is 35.5. The van der Waals surface area contributed by atoms with Crippen molar-refractivity contribution in [3.05, 3.63) is 52.5 Å². The van der Waals surface area contributed by atoms with Gasteiger partial charge in [-0.25, -0.2) is 4.68 Å². The first-order valence-corrected chi connectivity index (χ1v) is 10.8. The Hall–Kier alpha value is -2.95. The van der Waals surface area contributed by atoms with Crippen molar-refractivity contribution in [2.24, 2.45) is 0 Å². The number of halogens is 2. The lowest BCUT2D eigenvalue weighted by Crippen LogP contribution is -2.16. The fraction of sp³-hybridized carbons (Fsp3) is 0.200. The lowest BCUT2D eigenvalue weighted by atomic mass is 10.2. The fourth-order valence-corrected chi connectivity index (χ4v) is 3.41. The summed E-state index contributed by atoms with van der Waals surface area (Å²) in [4.78, 5) is 23.0. The molecule has 32 heavy (non-hydrogen) atoms. The number of para-hydroxylation sites is 1. The van der Waals surface area contributed by atoms with Crippen LogP contribution in [0.25, 0.3) is 11.4 Å². The highest BCUT2D eigenvalue weighted by molar-refractivity contribution is 7.99. The number of ether oxygens (including phenoxy) is 1. The van der Waals surface area contributed by atoms with Gasteiger partial charge in [-0.2, -0.15) is 0 Å². The normalized spacial score (nSPS) is 10.0. The van der Waals surface area contributed by atoms with Crippen LogP contribution in [0.5, 0.6) is 5.75 Å². The maximum Gasteiger partial charge on any atom is 0.234 e. The van der Waals surface area contributed by atoms with E-state index in [0.29, 0.717) is 38.0 Å². The Morgan fingerprint density at radius 1 is 1.25 bits per heavy atom. The molecular formula is C20H22Cl2N6O3S. The van der Waals surface area contributed by atoms with Gasteiger partial charge in [0.25, 0.3) is 0 Å². The molecule has 1 heterocycles. The molecule has 3 aromatic rings. The number of anilines is 1. The molecule has 0 saturated carbocycles. The summed E-state index contributed by atoms with van der Waals surface area (Å²) >= 11 is 13.1. The van der Waals surface area contributed by atoms with Gasteiger partial charge in [-0.1, -0.05) is 47.1 Å². The van der Waals surface area contributed by atoms with Gasteiger partial charge in [0, 0.05) is 19.1 Å². The van der Waals surface area contributed by atoms with Crippen molar-refractivity contribution in [2.45, 2.75) is 5.16 Å². The average molecular weight is 497 g/mol. The summed E-state index contributed by atoms with van der Waals surface area (Å²) in [7, 11) is 4.94. The highest BCUT2D eigenvalue weighted by Gasteiger charge is 2.17. The molecule has 3 rings (SSSR count). The number of nitrogens with one attached hydrogen (secondary N) is 1. The number of carbonyl (C=O) groups excluding carboxylic acids is 2. The van der Waals surface area contributed by atoms with Crippen LogP contribution in [0, 0.1) is 0 Å². The molecule has 0 aliphatic heterocycles. The smallest absolute Gasteiger partial charge is 0.234 e. The Morgan fingerprint density at radius 3 is 2.56 bits per heavy atom. The Kier molecular flexibility index (Phi) is 9.63. The molecular weight excluding hydrogens is 475 g/mol.